The Morgan fingerprint density at radius 3 is 2.75 bits per heavy atom. The van der Waals surface area contributed by atoms with Crippen LogP contribution in [0.1, 0.15) is 12.5 Å². The predicted octanol–water partition coefficient (Wildman–Crippen LogP) is 2.18. The van der Waals surface area contributed by atoms with E-state index in [0.29, 0.717) is 0 Å². The summed E-state index contributed by atoms with van der Waals surface area (Å²) in [4.78, 5) is 15.2. The smallest absolute Gasteiger partial charge is 0.353 e. The molecule has 0 aliphatic rings. The van der Waals surface area contributed by atoms with E-state index >= 15 is 0 Å². The molecule has 0 heterocycles. The Labute approximate surface area is 93.9 Å². The molecule has 0 fully saturated rings. The summed E-state index contributed by atoms with van der Waals surface area (Å²) in [7, 11) is 0. The molecule has 0 aromatic heterocycles. The van der Waals surface area contributed by atoms with Crippen LogP contribution in [0.25, 0.3) is 6.08 Å². The van der Waals surface area contributed by atoms with E-state index in [0.717, 1.165) is 5.56 Å². The third kappa shape index (κ3) is 4.41. The Bertz CT molecular complexity index is 396. The molecule has 0 amide bonds. The van der Waals surface area contributed by atoms with Crippen LogP contribution in [0.15, 0.2) is 41.6 Å². The quantitative estimate of drug-likeness (QED) is 0.469. The summed E-state index contributed by atoms with van der Waals surface area (Å²) in [5.41, 5.74) is 0.998. The van der Waals surface area contributed by atoms with Gasteiger partial charge in [0.1, 0.15) is 6.61 Å². The monoisotopic (exact) mass is 219 g/mol. The number of oxime groups is 1. The van der Waals surface area contributed by atoms with E-state index in [1.165, 1.54) is 6.92 Å². The molecule has 84 valence electrons. The first-order chi connectivity index (χ1) is 7.70. The molecule has 1 rings (SSSR count). The van der Waals surface area contributed by atoms with Gasteiger partial charge in [0, 0.05) is 0 Å². The third-order valence-corrected chi connectivity index (χ3v) is 1.79. The number of carboxylic acids is 1. The Balaban J connectivity index is 2.34. The molecule has 0 unspecified atom stereocenters. The highest BCUT2D eigenvalue weighted by atomic mass is 16.6. The van der Waals surface area contributed by atoms with E-state index < -0.39 is 5.97 Å². The second-order valence-corrected chi connectivity index (χ2v) is 3.09. The average molecular weight is 219 g/mol. The number of hydrogen-bond acceptors (Lipinski definition) is 3. The Morgan fingerprint density at radius 2 is 2.12 bits per heavy atom. The molecule has 0 aliphatic carbocycles. The Kier molecular flexibility index (Phi) is 4.79. The SMILES string of the molecule is C/C(=N/OC/C=C/c1ccccc1)C(=O)O. The maximum atomic E-state index is 10.4. The van der Waals surface area contributed by atoms with E-state index in [9.17, 15) is 4.79 Å². The molecule has 0 radical (unpaired) electrons. The summed E-state index contributed by atoms with van der Waals surface area (Å²) in [5, 5.41) is 11.9. The van der Waals surface area contributed by atoms with Crippen molar-refractivity contribution >= 4 is 17.8 Å². The van der Waals surface area contributed by atoms with Crippen LogP contribution < -0.4 is 0 Å². The van der Waals surface area contributed by atoms with Crippen molar-refractivity contribution in [1.82, 2.24) is 0 Å². The number of carboxylic acid groups (broad SMARTS) is 1. The first-order valence-electron chi connectivity index (χ1n) is 4.81. The number of aliphatic carboxylic acids is 1. The lowest BCUT2D eigenvalue weighted by molar-refractivity contribution is -0.129. The maximum absolute atomic E-state index is 10.4. The van der Waals surface area contributed by atoms with Gasteiger partial charge in [-0.1, -0.05) is 41.6 Å². The molecule has 4 nitrogen and oxygen atoms in total. The van der Waals surface area contributed by atoms with E-state index in [4.69, 9.17) is 9.94 Å². The highest BCUT2D eigenvalue weighted by molar-refractivity contribution is 6.34. The lowest BCUT2D eigenvalue weighted by Crippen LogP contribution is -2.08. The molecule has 0 spiro atoms. The molecule has 0 saturated carbocycles. The summed E-state index contributed by atoms with van der Waals surface area (Å²) >= 11 is 0. The molecular formula is C12H13NO3. The largest absolute Gasteiger partial charge is 0.477 e. The fourth-order valence-corrected chi connectivity index (χ4v) is 0.965. The fraction of sp³-hybridized carbons (Fsp3) is 0.167. The maximum Gasteiger partial charge on any atom is 0.353 e. The summed E-state index contributed by atoms with van der Waals surface area (Å²) in [6.07, 6.45) is 3.65. The van der Waals surface area contributed by atoms with E-state index in [2.05, 4.69) is 5.16 Å². The number of rotatable bonds is 5. The van der Waals surface area contributed by atoms with Crippen LogP contribution in [0.4, 0.5) is 0 Å². The number of nitrogens with zero attached hydrogens (tertiary/aromatic N) is 1. The summed E-state index contributed by atoms with van der Waals surface area (Å²) in [5.74, 6) is -1.08. The van der Waals surface area contributed by atoms with Crippen molar-refractivity contribution in [3.63, 3.8) is 0 Å². The van der Waals surface area contributed by atoms with Gasteiger partial charge in [-0.25, -0.2) is 4.79 Å². The fourth-order valence-electron chi connectivity index (χ4n) is 0.965. The second-order valence-electron chi connectivity index (χ2n) is 3.09. The zero-order chi connectivity index (χ0) is 11.8. The van der Waals surface area contributed by atoms with Crippen molar-refractivity contribution in [2.24, 2.45) is 5.16 Å². The normalized spacial score (nSPS) is 11.7. The van der Waals surface area contributed by atoms with Gasteiger partial charge in [-0.05, 0) is 18.6 Å². The molecule has 0 bridgehead atoms. The van der Waals surface area contributed by atoms with Gasteiger partial charge < -0.3 is 9.94 Å². The third-order valence-electron chi connectivity index (χ3n) is 1.79. The van der Waals surface area contributed by atoms with E-state index in [-0.39, 0.29) is 12.3 Å². The lowest BCUT2D eigenvalue weighted by atomic mass is 10.2. The van der Waals surface area contributed by atoms with Gasteiger partial charge in [0.25, 0.3) is 0 Å². The highest BCUT2D eigenvalue weighted by Gasteiger charge is 2.00. The molecule has 0 atom stereocenters. The van der Waals surface area contributed by atoms with Crippen LogP contribution in [0.5, 0.6) is 0 Å². The van der Waals surface area contributed by atoms with Gasteiger partial charge in [-0.2, -0.15) is 0 Å². The minimum atomic E-state index is -1.08. The van der Waals surface area contributed by atoms with Gasteiger partial charge >= 0.3 is 5.97 Å². The molecule has 0 saturated heterocycles. The lowest BCUT2D eigenvalue weighted by Gasteiger charge is -1.95. The van der Waals surface area contributed by atoms with Crippen molar-refractivity contribution < 1.29 is 14.7 Å². The van der Waals surface area contributed by atoms with Gasteiger partial charge in [-0.3, -0.25) is 0 Å². The van der Waals surface area contributed by atoms with Gasteiger partial charge in [0.2, 0.25) is 0 Å². The first kappa shape index (κ1) is 12.0. The Morgan fingerprint density at radius 1 is 1.44 bits per heavy atom. The number of benzene rings is 1. The van der Waals surface area contributed by atoms with Crippen LogP contribution >= 0.6 is 0 Å². The average Bonchev–Trinajstić information content (AvgIpc) is 2.29. The van der Waals surface area contributed by atoms with Crippen molar-refractivity contribution in [3.05, 3.63) is 42.0 Å². The van der Waals surface area contributed by atoms with Crippen LogP contribution in [0, 0.1) is 0 Å². The molecular weight excluding hydrogens is 206 g/mol. The minimum Gasteiger partial charge on any atom is -0.477 e. The summed E-state index contributed by atoms with van der Waals surface area (Å²) < 4.78 is 0. The molecule has 0 aliphatic heterocycles. The van der Waals surface area contributed by atoms with Crippen LogP contribution in [0.2, 0.25) is 0 Å². The van der Waals surface area contributed by atoms with Crippen LogP contribution in [0.3, 0.4) is 0 Å². The summed E-state index contributed by atoms with van der Waals surface area (Å²) in [6.45, 7) is 1.63. The van der Waals surface area contributed by atoms with Crippen LogP contribution in [-0.4, -0.2) is 23.4 Å². The predicted molar refractivity (Wildman–Crippen MR) is 62.2 cm³/mol. The Hall–Kier alpha value is -2.10. The van der Waals surface area contributed by atoms with Crippen LogP contribution in [-0.2, 0) is 9.63 Å². The number of hydrogen-bond donors (Lipinski definition) is 1. The zero-order valence-electron chi connectivity index (χ0n) is 8.96. The zero-order valence-corrected chi connectivity index (χ0v) is 8.96. The molecule has 1 N–H and O–H groups in total. The molecule has 16 heavy (non-hydrogen) atoms. The van der Waals surface area contributed by atoms with Crippen molar-refractivity contribution in [2.45, 2.75) is 6.92 Å². The van der Waals surface area contributed by atoms with Gasteiger partial charge in [0.05, 0.1) is 0 Å². The van der Waals surface area contributed by atoms with Gasteiger partial charge in [-0.15, -0.1) is 0 Å². The van der Waals surface area contributed by atoms with Crippen molar-refractivity contribution in [2.75, 3.05) is 6.61 Å². The minimum absolute atomic E-state index is 0.0619. The molecule has 1 aromatic rings. The highest BCUT2D eigenvalue weighted by Crippen LogP contribution is 2.00. The second kappa shape index (κ2) is 6.40. The van der Waals surface area contributed by atoms with Crippen molar-refractivity contribution in [3.8, 4) is 0 Å². The first-order valence-corrected chi connectivity index (χ1v) is 4.81. The summed E-state index contributed by atoms with van der Waals surface area (Å²) in [6, 6.07) is 9.74. The molecule has 1 aromatic carbocycles. The number of carbonyl (C=O) groups is 1. The standard InChI is InChI=1S/C12H13NO3/c1-10(12(14)15)13-16-9-5-8-11-6-3-2-4-7-11/h2-8H,9H2,1H3,(H,14,15)/b8-5+,13-10-. The van der Waals surface area contributed by atoms with E-state index in [1.54, 1.807) is 6.08 Å². The van der Waals surface area contributed by atoms with Gasteiger partial charge in [0.15, 0.2) is 5.71 Å². The topological polar surface area (TPSA) is 58.9 Å². The van der Waals surface area contributed by atoms with E-state index in [1.807, 2.05) is 36.4 Å². The molecule has 4 heteroatoms. The van der Waals surface area contributed by atoms with Crippen molar-refractivity contribution in [1.29, 1.82) is 0 Å².